The van der Waals surface area contributed by atoms with Crippen molar-refractivity contribution in [1.82, 2.24) is 30.0 Å². The lowest BCUT2D eigenvalue weighted by molar-refractivity contribution is -0.0281. The zero-order chi connectivity index (χ0) is 30.8. The number of pyridine rings is 1. The molecule has 3 N–H and O–H groups in total. The van der Waals surface area contributed by atoms with Crippen LogP contribution in [0.2, 0.25) is 10.0 Å². The third-order valence-electron chi connectivity index (χ3n) is 7.54. The summed E-state index contributed by atoms with van der Waals surface area (Å²) in [5.74, 6) is 0.721. The Labute approximate surface area is 262 Å². The first-order valence-corrected chi connectivity index (χ1v) is 14.7. The van der Waals surface area contributed by atoms with Crippen LogP contribution in [0.1, 0.15) is 12.1 Å². The fourth-order valence-corrected chi connectivity index (χ4v) is 5.77. The number of nitrogens with one attached hydrogen (secondary N) is 2. The van der Waals surface area contributed by atoms with E-state index in [1.54, 1.807) is 37.8 Å². The second-order valence-corrected chi connectivity index (χ2v) is 11.0. The Bertz CT molecular complexity index is 1900. The average Bonchev–Trinajstić information content (AvgIpc) is 3.04. The molecule has 2 aromatic carbocycles. The minimum absolute atomic E-state index is 0.102. The molecule has 0 amide bonds. The number of halogens is 2. The molecule has 0 saturated carbocycles. The van der Waals surface area contributed by atoms with Crippen molar-refractivity contribution >= 4 is 45.5 Å². The summed E-state index contributed by atoms with van der Waals surface area (Å²) in [5, 5.41) is 22.7. The number of nitrogens with zero attached hydrogens (tertiary/aromatic N) is 5. The maximum absolute atomic E-state index is 12.9. The largest absolute Gasteiger partial charge is 0.480 e. The van der Waals surface area contributed by atoms with Gasteiger partial charge in [-0.05, 0) is 18.6 Å². The van der Waals surface area contributed by atoms with E-state index >= 15 is 0 Å². The minimum Gasteiger partial charge on any atom is -0.480 e. The number of fused-ring (bicyclic) bond motifs is 1. The Morgan fingerprint density at radius 3 is 2.64 bits per heavy atom. The van der Waals surface area contributed by atoms with Crippen LogP contribution in [0.25, 0.3) is 33.2 Å². The van der Waals surface area contributed by atoms with E-state index in [1.165, 1.54) is 11.8 Å². The summed E-state index contributed by atoms with van der Waals surface area (Å²) in [7, 11) is 3.12. The van der Waals surface area contributed by atoms with E-state index in [2.05, 4.69) is 25.7 Å². The van der Waals surface area contributed by atoms with Crippen LogP contribution in [0.5, 0.6) is 5.88 Å². The van der Waals surface area contributed by atoms with Gasteiger partial charge in [-0.15, -0.1) is 0 Å². The average molecular weight is 635 g/mol. The first-order valence-electron chi connectivity index (χ1n) is 13.9. The molecule has 0 radical (unpaired) electrons. The van der Waals surface area contributed by atoms with Gasteiger partial charge in [0, 0.05) is 54.5 Å². The van der Waals surface area contributed by atoms with Crippen LogP contribution in [-0.4, -0.2) is 62.3 Å². The Balaban J connectivity index is 1.30. The molecule has 3 aromatic heterocycles. The predicted molar refractivity (Wildman–Crippen MR) is 170 cm³/mol. The molecule has 44 heavy (non-hydrogen) atoms. The van der Waals surface area contributed by atoms with Crippen LogP contribution >= 0.6 is 23.2 Å². The number of methoxy groups -OCH3 is 1. The first kappa shape index (κ1) is 29.9. The van der Waals surface area contributed by atoms with E-state index in [0.717, 1.165) is 0 Å². The van der Waals surface area contributed by atoms with Gasteiger partial charge in [-0.3, -0.25) is 9.78 Å². The number of benzene rings is 2. The Morgan fingerprint density at radius 2 is 1.84 bits per heavy atom. The van der Waals surface area contributed by atoms with Crippen molar-refractivity contribution < 1.29 is 14.6 Å². The standard InChI is InChI=1S/C31H29Cl2N7O4/c1-40-31(42)26-17(13-37-40)9-11-34-29(26)38-22-8-4-6-19(28(22)33)18-5-3-7-20(27(18)32)23-14-36-24(30(39-23)43-2)15-35-21-10-12-44-16-25(21)41/h3-9,11,13-14,21,25,35,41H,10,12,15-16H2,1-2H3,(H,34,38)/t21-,25+/m1/s1. The first-order chi connectivity index (χ1) is 21.4. The molecule has 6 rings (SSSR count). The van der Waals surface area contributed by atoms with Crippen molar-refractivity contribution in [2.24, 2.45) is 7.05 Å². The number of aliphatic hydroxyl groups excluding tert-OH is 1. The van der Waals surface area contributed by atoms with E-state index < -0.39 is 6.10 Å². The van der Waals surface area contributed by atoms with E-state index in [0.29, 0.717) is 92.5 Å². The third-order valence-corrected chi connectivity index (χ3v) is 8.35. The summed E-state index contributed by atoms with van der Waals surface area (Å²) in [6.07, 6.45) is 4.98. The normalized spacial score (nSPS) is 16.7. The van der Waals surface area contributed by atoms with Crippen molar-refractivity contribution in [1.29, 1.82) is 0 Å². The highest BCUT2D eigenvalue weighted by molar-refractivity contribution is 6.39. The van der Waals surface area contributed by atoms with Crippen LogP contribution in [0.4, 0.5) is 11.5 Å². The summed E-state index contributed by atoms with van der Waals surface area (Å²) < 4.78 is 12.1. The lowest BCUT2D eigenvalue weighted by atomic mass is 10.0. The lowest BCUT2D eigenvalue weighted by Gasteiger charge is -2.28. The van der Waals surface area contributed by atoms with Gasteiger partial charge in [-0.2, -0.15) is 5.10 Å². The van der Waals surface area contributed by atoms with Crippen LogP contribution in [0.3, 0.4) is 0 Å². The number of aryl methyl sites for hydroxylation is 1. The summed E-state index contributed by atoms with van der Waals surface area (Å²) in [6.45, 7) is 1.26. The molecule has 4 heterocycles. The summed E-state index contributed by atoms with van der Waals surface area (Å²) in [4.78, 5) is 26.5. The van der Waals surface area contributed by atoms with Gasteiger partial charge >= 0.3 is 0 Å². The second-order valence-electron chi connectivity index (χ2n) is 10.3. The zero-order valence-corrected chi connectivity index (χ0v) is 25.4. The molecule has 2 atom stereocenters. The topological polar surface area (TPSA) is 136 Å². The molecule has 13 heteroatoms. The molecule has 0 unspecified atom stereocenters. The van der Waals surface area contributed by atoms with Crippen molar-refractivity contribution in [2.45, 2.75) is 25.1 Å². The summed E-state index contributed by atoms with van der Waals surface area (Å²) in [6, 6.07) is 12.7. The third kappa shape index (κ3) is 5.84. The molecular formula is C31H29Cl2N7O4. The van der Waals surface area contributed by atoms with Crippen molar-refractivity contribution in [3.63, 3.8) is 0 Å². The summed E-state index contributed by atoms with van der Waals surface area (Å²) >= 11 is 13.9. The van der Waals surface area contributed by atoms with E-state index in [-0.39, 0.29) is 11.6 Å². The quantitative estimate of drug-likeness (QED) is 0.219. The number of hydrogen-bond acceptors (Lipinski definition) is 10. The molecule has 1 aliphatic heterocycles. The van der Waals surface area contributed by atoms with E-state index in [9.17, 15) is 9.90 Å². The number of ether oxygens (including phenoxy) is 2. The van der Waals surface area contributed by atoms with Crippen LogP contribution < -0.4 is 20.9 Å². The SMILES string of the molecule is COc1nc(-c2cccc(-c3cccc(Nc4nccc5cnn(C)c(=O)c45)c3Cl)c2Cl)cnc1CN[C@@H]1CCOC[C@@H]1O. The fourth-order valence-electron chi connectivity index (χ4n) is 5.17. The Kier molecular flexibility index (Phi) is 8.74. The van der Waals surface area contributed by atoms with Crippen molar-refractivity contribution in [3.05, 3.63) is 87.1 Å². The fraction of sp³-hybridized carbons (Fsp3) is 0.258. The summed E-state index contributed by atoms with van der Waals surface area (Å²) in [5.41, 5.74) is 3.42. The zero-order valence-electron chi connectivity index (χ0n) is 23.9. The highest BCUT2D eigenvalue weighted by Gasteiger charge is 2.24. The van der Waals surface area contributed by atoms with Gasteiger partial charge in [0.1, 0.15) is 11.5 Å². The van der Waals surface area contributed by atoms with Gasteiger partial charge in [0.15, 0.2) is 0 Å². The van der Waals surface area contributed by atoms with E-state index in [1.807, 2.05) is 30.3 Å². The Hall–Kier alpha value is -4.13. The van der Waals surface area contributed by atoms with E-state index in [4.69, 9.17) is 37.7 Å². The molecule has 226 valence electrons. The van der Waals surface area contributed by atoms with Gasteiger partial charge in [0.05, 0.1) is 59.0 Å². The highest BCUT2D eigenvalue weighted by atomic mass is 35.5. The molecule has 0 aliphatic carbocycles. The van der Waals surface area contributed by atoms with Crippen molar-refractivity contribution in [3.8, 4) is 28.3 Å². The highest BCUT2D eigenvalue weighted by Crippen LogP contribution is 2.42. The smallest absolute Gasteiger partial charge is 0.278 e. The molecule has 1 aliphatic rings. The number of aliphatic hydroxyl groups is 1. The number of rotatable bonds is 8. The lowest BCUT2D eigenvalue weighted by Crippen LogP contribution is -2.46. The molecule has 0 spiro atoms. The minimum atomic E-state index is -0.586. The molecule has 5 aromatic rings. The van der Waals surface area contributed by atoms with Gasteiger partial charge in [-0.25, -0.2) is 14.6 Å². The predicted octanol–water partition coefficient (Wildman–Crippen LogP) is 4.75. The second kappa shape index (κ2) is 12.8. The van der Waals surface area contributed by atoms with Gasteiger partial charge < -0.3 is 25.2 Å². The monoisotopic (exact) mass is 633 g/mol. The number of hydrogen-bond donors (Lipinski definition) is 3. The van der Waals surface area contributed by atoms with Crippen molar-refractivity contribution in [2.75, 3.05) is 25.6 Å². The molecular weight excluding hydrogens is 605 g/mol. The Morgan fingerprint density at radius 1 is 1.07 bits per heavy atom. The molecule has 11 nitrogen and oxygen atoms in total. The molecule has 0 bridgehead atoms. The van der Waals surface area contributed by atoms with Gasteiger partial charge in [-0.1, -0.05) is 53.5 Å². The maximum atomic E-state index is 12.9. The molecule has 1 fully saturated rings. The van der Waals surface area contributed by atoms with Crippen LogP contribution in [0.15, 0.2) is 65.8 Å². The van der Waals surface area contributed by atoms with Gasteiger partial charge in [0.25, 0.3) is 5.56 Å². The van der Waals surface area contributed by atoms with Crippen LogP contribution in [-0.2, 0) is 18.3 Å². The number of aromatic nitrogens is 5. The van der Waals surface area contributed by atoms with Gasteiger partial charge in [0.2, 0.25) is 5.88 Å². The number of anilines is 2. The maximum Gasteiger partial charge on any atom is 0.278 e. The molecule has 1 saturated heterocycles. The van der Waals surface area contributed by atoms with Crippen LogP contribution in [0, 0.1) is 0 Å².